The molecule has 1 amide bonds. The molecule has 2 aromatic rings. The highest BCUT2D eigenvalue weighted by Gasteiger charge is 2.26. The van der Waals surface area contributed by atoms with Gasteiger partial charge < -0.3 is 16.0 Å². The van der Waals surface area contributed by atoms with E-state index in [0.29, 0.717) is 16.1 Å². The molecule has 0 radical (unpaired) electrons. The summed E-state index contributed by atoms with van der Waals surface area (Å²) in [5, 5.41) is 3.84. The van der Waals surface area contributed by atoms with Gasteiger partial charge in [0.2, 0.25) is 0 Å². The van der Waals surface area contributed by atoms with E-state index >= 15 is 0 Å². The summed E-state index contributed by atoms with van der Waals surface area (Å²) in [5.41, 5.74) is 6.03. The monoisotopic (exact) mass is 306 g/mol. The molecule has 0 bridgehead atoms. The first-order chi connectivity index (χ1) is 10.1. The number of anilines is 3. The van der Waals surface area contributed by atoms with Crippen LogP contribution < -0.4 is 16.0 Å². The number of hydrogen-bond acceptors (Lipinski definition) is 5. The van der Waals surface area contributed by atoms with E-state index in [-0.39, 0.29) is 17.4 Å². The van der Waals surface area contributed by atoms with Crippen molar-refractivity contribution in [2.24, 2.45) is 0 Å². The molecular formula is C14H15FN4OS. The van der Waals surface area contributed by atoms with E-state index in [1.807, 2.05) is 0 Å². The summed E-state index contributed by atoms with van der Waals surface area (Å²) in [4.78, 5) is 18.2. The van der Waals surface area contributed by atoms with Crippen LogP contribution in [0.4, 0.5) is 21.0 Å². The number of hydrogen-bond donors (Lipinski definition) is 2. The highest BCUT2D eigenvalue weighted by atomic mass is 32.1. The number of carbonyl (C=O) groups is 1. The van der Waals surface area contributed by atoms with Gasteiger partial charge in [-0.25, -0.2) is 9.37 Å². The number of amides is 1. The van der Waals surface area contributed by atoms with Gasteiger partial charge in [0.05, 0.1) is 5.69 Å². The molecule has 1 aliphatic rings. The van der Waals surface area contributed by atoms with Crippen LogP contribution in [0.3, 0.4) is 0 Å². The number of aromatic nitrogens is 1. The molecule has 1 fully saturated rings. The summed E-state index contributed by atoms with van der Waals surface area (Å²) in [6.45, 7) is 0. The maximum atomic E-state index is 13.8. The number of thiazole rings is 1. The Kier molecular flexibility index (Phi) is 3.50. The second-order valence-electron chi connectivity index (χ2n) is 4.97. The number of halogens is 1. The van der Waals surface area contributed by atoms with Crippen LogP contribution >= 0.6 is 11.3 Å². The predicted molar refractivity (Wildman–Crippen MR) is 82.3 cm³/mol. The minimum absolute atomic E-state index is 0.177. The van der Waals surface area contributed by atoms with Crippen molar-refractivity contribution in [1.82, 2.24) is 4.98 Å². The normalized spacial score (nSPS) is 14.0. The standard InChI is InChI=1S/C14H15FN4OS/c1-19(10-5-3-2-4-9(10)15)13(20)11-12(16)18-14(21-11)17-8-6-7-8/h2-5,8H,6-7,16H2,1H3,(H,17,18). The van der Waals surface area contributed by atoms with E-state index in [9.17, 15) is 9.18 Å². The molecule has 1 saturated carbocycles. The third kappa shape index (κ3) is 2.82. The molecule has 21 heavy (non-hydrogen) atoms. The smallest absolute Gasteiger partial charge is 0.272 e. The molecule has 1 aromatic heterocycles. The van der Waals surface area contributed by atoms with Crippen molar-refractivity contribution in [3.05, 3.63) is 35.0 Å². The van der Waals surface area contributed by atoms with Crippen LogP contribution in [-0.2, 0) is 0 Å². The first-order valence-electron chi connectivity index (χ1n) is 6.61. The summed E-state index contributed by atoms with van der Waals surface area (Å²) in [6, 6.07) is 6.56. The van der Waals surface area contributed by atoms with Gasteiger partial charge in [-0.15, -0.1) is 0 Å². The van der Waals surface area contributed by atoms with Crippen molar-refractivity contribution in [1.29, 1.82) is 0 Å². The van der Waals surface area contributed by atoms with Gasteiger partial charge in [-0.1, -0.05) is 23.5 Å². The van der Waals surface area contributed by atoms with Gasteiger partial charge >= 0.3 is 0 Å². The molecule has 0 atom stereocenters. The van der Waals surface area contributed by atoms with Crippen LogP contribution in [0, 0.1) is 5.82 Å². The van der Waals surface area contributed by atoms with E-state index in [2.05, 4.69) is 10.3 Å². The van der Waals surface area contributed by atoms with Gasteiger partial charge in [0, 0.05) is 13.1 Å². The summed E-state index contributed by atoms with van der Waals surface area (Å²) < 4.78 is 13.8. The van der Waals surface area contributed by atoms with E-state index in [1.54, 1.807) is 18.2 Å². The van der Waals surface area contributed by atoms with E-state index in [4.69, 9.17) is 5.73 Å². The number of nitrogens with two attached hydrogens (primary N) is 1. The lowest BCUT2D eigenvalue weighted by atomic mass is 10.2. The highest BCUT2D eigenvalue weighted by molar-refractivity contribution is 7.18. The van der Waals surface area contributed by atoms with Crippen molar-refractivity contribution in [3.8, 4) is 0 Å². The Morgan fingerprint density at radius 2 is 2.19 bits per heavy atom. The Labute approximate surface area is 125 Å². The topological polar surface area (TPSA) is 71.2 Å². The number of carbonyl (C=O) groups excluding carboxylic acids is 1. The molecule has 0 aliphatic heterocycles. The highest BCUT2D eigenvalue weighted by Crippen LogP contribution is 2.32. The molecule has 3 N–H and O–H groups in total. The van der Waals surface area contributed by atoms with Crippen LogP contribution in [0.15, 0.2) is 24.3 Å². The fourth-order valence-corrected chi connectivity index (χ4v) is 2.87. The van der Waals surface area contributed by atoms with Crippen LogP contribution in [0.1, 0.15) is 22.5 Å². The van der Waals surface area contributed by atoms with Gasteiger partial charge in [-0.2, -0.15) is 0 Å². The number of nitrogens with zero attached hydrogens (tertiary/aromatic N) is 2. The lowest BCUT2D eigenvalue weighted by Gasteiger charge is -2.17. The lowest BCUT2D eigenvalue weighted by Crippen LogP contribution is -2.27. The maximum absolute atomic E-state index is 13.8. The third-order valence-corrected chi connectivity index (χ3v) is 4.26. The van der Waals surface area contributed by atoms with E-state index in [1.165, 1.54) is 29.4 Å². The Morgan fingerprint density at radius 3 is 2.86 bits per heavy atom. The molecule has 0 spiro atoms. The predicted octanol–water partition coefficient (Wildman–Crippen LogP) is 2.72. The second-order valence-corrected chi connectivity index (χ2v) is 5.97. The summed E-state index contributed by atoms with van der Waals surface area (Å²) >= 11 is 1.20. The molecule has 3 rings (SSSR count). The van der Waals surface area contributed by atoms with Crippen LogP contribution in [0.5, 0.6) is 0 Å². The average Bonchev–Trinajstić information content (AvgIpc) is 3.20. The van der Waals surface area contributed by atoms with Gasteiger partial charge in [0.1, 0.15) is 16.5 Å². The molecule has 1 heterocycles. The average molecular weight is 306 g/mol. The zero-order valence-corrected chi connectivity index (χ0v) is 12.3. The molecule has 7 heteroatoms. The van der Waals surface area contributed by atoms with Gasteiger partial charge in [-0.3, -0.25) is 4.79 Å². The quantitative estimate of drug-likeness (QED) is 0.911. The van der Waals surface area contributed by atoms with Gasteiger partial charge in [0.25, 0.3) is 5.91 Å². The molecule has 1 aromatic carbocycles. The van der Waals surface area contributed by atoms with Crippen LogP contribution in [-0.4, -0.2) is 24.0 Å². The van der Waals surface area contributed by atoms with Crippen LogP contribution in [0.25, 0.3) is 0 Å². The first kappa shape index (κ1) is 13.8. The molecule has 5 nitrogen and oxygen atoms in total. The molecule has 0 saturated heterocycles. The number of nitrogen functional groups attached to an aromatic ring is 1. The number of nitrogens with one attached hydrogen (secondary N) is 1. The molecule has 1 aliphatic carbocycles. The number of rotatable bonds is 4. The van der Waals surface area contributed by atoms with Gasteiger partial charge in [0.15, 0.2) is 5.13 Å². The zero-order chi connectivity index (χ0) is 15.0. The Hall–Kier alpha value is -2.15. The van der Waals surface area contributed by atoms with Crippen LogP contribution in [0.2, 0.25) is 0 Å². The van der Waals surface area contributed by atoms with E-state index < -0.39 is 5.82 Å². The molecule has 110 valence electrons. The Morgan fingerprint density at radius 1 is 1.48 bits per heavy atom. The molecular weight excluding hydrogens is 291 g/mol. The summed E-state index contributed by atoms with van der Waals surface area (Å²) in [5.74, 6) is -0.636. The maximum Gasteiger partial charge on any atom is 0.272 e. The third-order valence-electron chi connectivity index (χ3n) is 3.27. The fourth-order valence-electron chi connectivity index (χ4n) is 1.93. The Bertz CT molecular complexity index is 683. The van der Waals surface area contributed by atoms with Crippen molar-refractivity contribution in [2.45, 2.75) is 18.9 Å². The van der Waals surface area contributed by atoms with E-state index in [0.717, 1.165) is 12.8 Å². The SMILES string of the molecule is CN(C(=O)c1sc(NC2CC2)nc1N)c1ccccc1F. The minimum atomic E-state index is -0.451. The minimum Gasteiger partial charge on any atom is -0.382 e. The number of para-hydroxylation sites is 1. The second kappa shape index (κ2) is 5.33. The van der Waals surface area contributed by atoms with Crippen molar-refractivity contribution >= 4 is 33.9 Å². The first-order valence-corrected chi connectivity index (χ1v) is 7.43. The van der Waals surface area contributed by atoms with Gasteiger partial charge in [-0.05, 0) is 25.0 Å². The van der Waals surface area contributed by atoms with Crippen molar-refractivity contribution < 1.29 is 9.18 Å². The largest absolute Gasteiger partial charge is 0.382 e. The van der Waals surface area contributed by atoms with Crippen molar-refractivity contribution in [3.63, 3.8) is 0 Å². The summed E-state index contributed by atoms with van der Waals surface area (Å²) in [6.07, 6.45) is 2.22. The zero-order valence-electron chi connectivity index (χ0n) is 11.5. The van der Waals surface area contributed by atoms with Crippen molar-refractivity contribution in [2.75, 3.05) is 23.0 Å². The number of benzene rings is 1. The lowest BCUT2D eigenvalue weighted by molar-refractivity contribution is 0.0996. The summed E-state index contributed by atoms with van der Waals surface area (Å²) in [7, 11) is 1.52. The molecule has 0 unspecified atom stereocenters. The Balaban J connectivity index is 1.84. The fraction of sp³-hybridized carbons (Fsp3) is 0.286.